The molecule has 2 fully saturated rings. The van der Waals surface area contributed by atoms with E-state index in [4.69, 9.17) is 11.6 Å². The lowest BCUT2D eigenvalue weighted by atomic mass is 9.95. The van der Waals surface area contributed by atoms with Gasteiger partial charge in [0.2, 0.25) is 17.7 Å². The zero-order valence-corrected chi connectivity index (χ0v) is 17.7. The van der Waals surface area contributed by atoms with Crippen molar-refractivity contribution in [2.75, 3.05) is 51.6 Å². The first kappa shape index (κ1) is 21.6. The predicted molar refractivity (Wildman–Crippen MR) is 113 cm³/mol. The van der Waals surface area contributed by atoms with Crippen molar-refractivity contribution in [1.29, 1.82) is 0 Å². The topological polar surface area (TPSA) is 73.0 Å². The average Bonchev–Trinajstić information content (AvgIpc) is 3.22. The van der Waals surface area contributed by atoms with Gasteiger partial charge in [0, 0.05) is 42.8 Å². The van der Waals surface area contributed by atoms with Gasteiger partial charge in [0.05, 0.1) is 13.1 Å². The third kappa shape index (κ3) is 6.18. The number of halogens is 1. The molecule has 29 heavy (non-hydrogen) atoms. The summed E-state index contributed by atoms with van der Waals surface area (Å²) in [5.74, 6) is 0.0929. The summed E-state index contributed by atoms with van der Waals surface area (Å²) in [6.45, 7) is 3.24. The number of carbonyl (C=O) groups is 3. The summed E-state index contributed by atoms with van der Waals surface area (Å²) in [6.07, 6.45) is 3.64. The molecule has 0 aromatic heterocycles. The van der Waals surface area contributed by atoms with E-state index in [1.807, 2.05) is 4.90 Å². The van der Waals surface area contributed by atoms with Gasteiger partial charge in [-0.05, 0) is 50.9 Å². The van der Waals surface area contributed by atoms with Crippen LogP contribution in [0.1, 0.15) is 25.7 Å². The van der Waals surface area contributed by atoms with Crippen molar-refractivity contribution >= 4 is 35.0 Å². The zero-order chi connectivity index (χ0) is 20.8. The number of carbonyl (C=O) groups excluding carboxylic acids is 3. The van der Waals surface area contributed by atoms with Crippen LogP contribution < -0.4 is 5.32 Å². The van der Waals surface area contributed by atoms with E-state index in [1.165, 1.54) is 0 Å². The number of nitrogens with zero attached hydrogens (tertiary/aromatic N) is 3. The molecule has 0 atom stereocenters. The molecule has 8 heteroatoms. The highest BCUT2D eigenvalue weighted by molar-refractivity contribution is 6.30. The van der Waals surface area contributed by atoms with Crippen LogP contribution in [-0.2, 0) is 14.4 Å². The van der Waals surface area contributed by atoms with E-state index < -0.39 is 0 Å². The Morgan fingerprint density at radius 3 is 2.41 bits per heavy atom. The molecule has 0 unspecified atom stereocenters. The molecular formula is C21H29ClN4O3. The van der Waals surface area contributed by atoms with Crippen molar-refractivity contribution in [3.8, 4) is 0 Å². The van der Waals surface area contributed by atoms with E-state index in [0.717, 1.165) is 38.8 Å². The highest BCUT2D eigenvalue weighted by Crippen LogP contribution is 2.22. The summed E-state index contributed by atoms with van der Waals surface area (Å²) in [5.41, 5.74) is 0.631. The maximum Gasteiger partial charge on any atom is 0.238 e. The molecule has 0 aliphatic carbocycles. The normalized spacial score (nSPS) is 17.6. The SMILES string of the molecule is CN(CC(=O)Nc1cccc(Cl)c1)CC(=O)N1CCC(C(=O)N2CCCC2)CC1. The van der Waals surface area contributed by atoms with Gasteiger partial charge in [0.25, 0.3) is 0 Å². The van der Waals surface area contributed by atoms with Gasteiger partial charge >= 0.3 is 0 Å². The van der Waals surface area contributed by atoms with Gasteiger partial charge in [-0.15, -0.1) is 0 Å². The standard InChI is InChI=1S/C21H29ClN4O3/c1-24(14-19(27)23-18-6-4-5-17(22)13-18)15-20(28)25-11-7-16(8-12-25)21(29)26-9-2-3-10-26/h4-6,13,16H,2-3,7-12,14-15H2,1H3,(H,23,27). The number of anilines is 1. The lowest BCUT2D eigenvalue weighted by molar-refractivity contribution is -0.140. The summed E-state index contributed by atoms with van der Waals surface area (Å²) in [6, 6.07) is 6.95. The van der Waals surface area contributed by atoms with E-state index in [9.17, 15) is 14.4 Å². The molecule has 2 heterocycles. The fourth-order valence-corrected chi connectivity index (χ4v) is 4.16. The maximum absolute atomic E-state index is 12.6. The van der Waals surface area contributed by atoms with Crippen LogP contribution in [0.3, 0.4) is 0 Å². The highest BCUT2D eigenvalue weighted by Gasteiger charge is 2.31. The van der Waals surface area contributed by atoms with E-state index in [-0.39, 0.29) is 36.7 Å². The Morgan fingerprint density at radius 2 is 1.76 bits per heavy atom. The molecule has 1 aromatic rings. The fourth-order valence-electron chi connectivity index (χ4n) is 3.97. The number of hydrogen-bond donors (Lipinski definition) is 1. The Bertz CT molecular complexity index is 743. The number of likely N-dealkylation sites (N-methyl/N-ethyl adjacent to an activating group) is 1. The van der Waals surface area contributed by atoms with Gasteiger partial charge in [-0.2, -0.15) is 0 Å². The summed E-state index contributed by atoms with van der Waals surface area (Å²) >= 11 is 5.92. The van der Waals surface area contributed by atoms with Crippen LogP contribution >= 0.6 is 11.6 Å². The average molecular weight is 421 g/mol. The molecule has 1 N–H and O–H groups in total. The molecule has 1 aromatic carbocycles. The Balaban J connectivity index is 1.39. The zero-order valence-electron chi connectivity index (χ0n) is 16.9. The number of likely N-dealkylation sites (tertiary alicyclic amines) is 2. The lowest BCUT2D eigenvalue weighted by Crippen LogP contribution is -2.47. The third-order valence-electron chi connectivity index (χ3n) is 5.54. The van der Waals surface area contributed by atoms with Crippen LogP contribution in [0.2, 0.25) is 5.02 Å². The van der Waals surface area contributed by atoms with E-state index in [2.05, 4.69) is 5.32 Å². The molecule has 2 saturated heterocycles. The first-order valence-electron chi connectivity index (χ1n) is 10.2. The summed E-state index contributed by atoms with van der Waals surface area (Å²) in [4.78, 5) is 42.7. The number of benzene rings is 1. The maximum atomic E-state index is 12.6. The van der Waals surface area contributed by atoms with E-state index in [1.54, 1.807) is 41.1 Å². The number of nitrogens with one attached hydrogen (secondary N) is 1. The summed E-state index contributed by atoms with van der Waals surface area (Å²) in [7, 11) is 1.75. The number of rotatable bonds is 6. The van der Waals surface area contributed by atoms with Gasteiger partial charge in [-0.25, -0.2) is 0 Å². The Morgan fingerprint density at radius 1 is 1.07 bits per heavy atom. The molecule has 158 valence electrons. The lowest BCUT2D eigenvalue weighted by Gasteiger charge is -2.34. The van der Waals surface area contributed by atoms with Crippen LogP contribution in [-0.4, -0.2) is 78.7 Å². The van der Waals surface area contributed by atoms with Crippen molar-refractivity contribution in [3.05, 3.63) is 29.3 Å². The second kappa shape index (κ2) is 10.1. The summed E-state index contributed by atoms with van der Waals surface area (Å²) in [5, 5.41) is 3.33. The molecule has 7 nitrogen and oxygen atoms in total. The molecule has 0 bridgehead atoms. The molecule has 2 aliphatic heterocycles. The molecule has 3 amide bonds. The van der Waals surface area contributed by atoms with Crippen molar-refractivity contribution in [1.82, 2.24) is 14.7 Å². The predicted octanol–water partition coefficient (Wildman–Crippen LogP) is 2.07. The van der Waals surface area contributed by atoms with Crippen LogP contribution in [0.25, 0.3) is 0 Å². The van der Waals surface area contributed by atoms with E-state index in [0.29, 0.717) is 23.8 Å². The molecule has 2 aliphatic rings. The fraction of sp³-hybridized carbons (Fsp3) is 0.571. The minimum absolute atomic E-state index is 0.00451. The highest BCUT2D eigenvalue weighted by atomic mass is 35.5. The first-order chi connectivity index (χ1) is 13.9. The largest absolute Gasteiger partial charge is 0.342 e. The minimum Gasteiger partial charge on any atom is -0.342 e. The van der Waals surface area contributed by atoms with Crippen LogP contribution in [0, 0.1) is 5.92 Å². The molecule has 0 spiro atoms. The van der Waals surface area contributed by atoms with Crippen LogP contribution in [0.4, 0.5) is 5.69 Å². The summed E-state index contributed by atoms with van der Waals surface area (Å²) < 4.78 is 0. The smallest absolute Gasteiger partial charge is 0.238 e. The molecule has 0 radical (unpaired) electrons. The third-order valence-corrected chi connectivity index (χ3v) is 5.78. The quantitative estimate of drug-likeness (QED) is 0.764. The number of piperidine rings is 1. The van der Waals surface area contributed by atoms with Crippen LogP contribution in [0.15, 0.2) is 24.3 Å². The van der Waals surface area contributed by atoms with Gasteiger partial charge in [-0.1, -0.05) is 17.7 Å². The van der Waals surface area contributed by atoms with E-state index >= 15 is 0 Å². The van der Waals surface area contributed by atoms with Crippen molar-refractivity contribution in [3.63, 3.8) is 0 Å². The Labute approximate surface area is 177 Å². The molecule has 0 saturated carbocycles. The first-order valence-corrected chi connectivity index (χ1v) is 10.6. The monoisotopic (exact) mass is 420 g/mol. The number of hydrogen-bond acceptors (Lipinski definition) is 4. The van der Waals surface area contributed by atoms with Crippen molar-refractivity contribution in [2.24, 2.45) is 5.92 Å². The second-order valence-corrected chi connectivity index (χ2v) is 8.35. The van der Waals surface area contributed by atoms with Crippen molar-refractivity contribution < 1.29 is 14.4 Å². The molecule has 3 rings (SSSR count). The minimum atomic E-state index is -0.197. The van der Waals surface area contributed by atoms with Gasteiger partial charge in [0.1, 0.15) is 0 Å². The van der Waals surface area contributed by atoms with Crippen LogP contribution in [0.5, 0.6) is 0 Å². The second-order valence-electron chi connectivity index (χ2n) is 7.92. The van der Waals surface area contributed by atoms with Gasteiger partial charge in [-0.3, -0.25) is 19.3 Å². The Kier molecular flexibility index (Phi) is 7.50. The number of amides is 3. The van der Waals surface area contributed by atoms with Gasteiger partial charge in [0.15, 0.2) is 0 Å². The van der Waals surface area contributed by atoms with Crippen molar-refractivity contribution in [2.45, 2.75) is 25.7 Å². The van der Waals surface area contributed by atoms with Gasteiger partial charge < -0.3 is 15.1 Å². The Hall–Kier alpha value is -2.12. The molecular weight excluding hydrogens is 392 g/mol.